The Bertz CT molecular complexity index is 1080. The van der Waals surface area contributed by atoms with Crippen molar-refractivity contribution in [2.45, 2.75) is 20.3 Å². The number of ketones is 1. The third kappa shape index (κ3) is 6.28. The van der Waals surface area contributed by atoms with Crippen LogP contribution in [0.5, 0.6) is 5.75 Å². The number of esters is 1. The average molecular weight is 431 g/mol. The lowest BCUT2D eigenvalue weighted by Gasteiger charge is -2.08. The monoisotopic (exact) mass is 431 g/mol. The van der Waals surface area contributed by atoms with Gasteiger partial charge in [-0.25, -0.2) is 4.79 Å². The van der Waals surface area contributed by atoms with E-state index in [0.717, 1.165) is 11.1 Å². The fraction of sp³-hybridized carbons (Fsp3) is 0.192. The van der Waals surface area contributed by atoms with Gasteiger partial charge < -0.3 is 15.2 Å². The topological polar surface area (TPSA) is 92.7 Å². The van der Waals surface area contributed by atoms with E-state index < -0.39 is 5.97 Å². The van der Waals surface area contributed by atoms with Gasteiger partial charge in [0.2, 0.25) is 5.91 Å². The molecule has 6 nitrogen and oxygen atoms in total. The summed E-state index contributed by atoms with van der Waals surface area (Å²) in [6.07, 6.45) is 0.423. The zero-order valence-corrected chi connectivity index (χ0v) is 18.0. The van der Waals surface area contributed by atoms with Crippen molar-refractivity contribution in [3.05, 3.63) is 83.9 Å². The van der Waals surface area contributed by atoms with Crippen molar-refractivity contribution in [2.75, 3.05) is 11.9 Å². The van der Waals surface area contributed by atoms with Crippen LogP contribution in [0.1, 0.15) is 41.0 Å². The van der Waals surface area contributed by atoms with Gasteiger partial charge in [0.15, 0.2) is 12.4 Å². The zero-order chi connectivity index (χ0) is 23.1. The molecule has 3 aromatic carbocycles. The van der Waals surface area contributed by atoms with E-state index in [9.17, 15) is 19.5 Å². The average Bonchev–Trinajstić information content (AvgIpc) is 2.78. The quantitative estimate of drug-likeness (QED) is 0.383. The molecule has 32 heavy (non-hydrogen) atoms. The lowest BCUT2D eigenvalue weighted by Crippen LogP contribution is -2.15. The van der Waals surface area contributed by atoms with Crippen LogP contribution in [0, 0.1) is 5.92 Å². The van der Waals surface area contributed by atoms with Crippen LogP contribution >= 0.6 is 0 Å². The molecule has 0 radical (unpaired) electrons. The number of phenols is 1. The van der Waals surface area contributed by atoms with Crippen molar-refractivity contribution in [1.82, 2.24) is 0 Å². The van der Waals surface area contributed by atoms with Crippen LogP contribution in [0.15, 0.2) is 72.8 Å². The lowest BCUT2D eigenvalue weighted by molar-refractivity contribution is -0.116. The number of carbonyl (C=O) groups is 3. The molecule has 0 aromatic heterocycles. The number of hydrogen-bond acceptors (Lipinski definition) is 5. The summed E-state index contributed by atoms with van der Waals surface area (Å²) in [6, 6.07) is 20.0. The second-order valence-electron chi connectivity index (χ2n) is 7.85. The Morgan fingerprint density at radius 1 is 0.812 bits per heavy atom. The van der Waals surface area contributed by atoms with E-state index in [-0.39, 0.29) is 30.0 Å². The number of amides is 1. The molecule has 0 aliphatic heterocycles. The summed E-state index contributed by atoms with van der Waals surface area (Å²) in [6.45, 7) is 3.55. The predicted octanol–water partition coefficient (Wildman–Crippen LogP) is 5.08. The van der Waals surface area contributed by atoms with Gasteiger partial charge in [0.05, 0.1) is 5.56 Å². The van der Waals surface area contributed by atoms with Crippen LogP contribution in [0.25, 0.3) is 11.1 Å². The highest BCUT2D eigenvalue weighted by atomic mass is 16.5. The van der Waals surface area contributed by atoms with Gasteiger partial charge in [0.1, 0.15) is 5.75 Å². The second-order valence-corrected chi connectivity index (χ2v) is 7.85. The molecule has 0 aliphatic carbocycles. The predicted molar refractivity (Wildman–Crippen MR) is 123 cm³/mol. The molecule has 0 atom stereocenters. The van der Waals surface area contributed by atoms with Gasteiger partial charge in [-0.05, 0) is 65.6 Å². The Morgan fingerprint density at radius 2 is 1.34 bits per heavy atom. The Morgan fingerprint density at radius 3 is 1.91 bits per heavy atom. The number of nitrogens with one attached hydrogen (secondary N) is 1. The van der Waals surface area contributed by atoms with Gasteiger partial charge in [-0.15, -0.1) is 0 Å². The first-order chi connectivity index (χ1) is 15.3. The second kappa shape index (κ2) is 10.4. The van der Waals surface area contributed by atoms with Crippen LogP contribution in [-0.2, 0) is 9.53 Å². The Balaban J connectivity index is 1.53. The minimum atomic E-state index is -0.590. The zero-order valence-electron chi connectivity index (χ0n) is 18.0. The van der Waals surface area contributed by atoms with E-state index in [1.165, 1.54) is 0 Å². The smallest absolute Gasteiger partial charge is 0.338 e. The van der Waals surface area contributed by atoms with Crippen LogP contribution in [0.4, 0.5) is 5.69 Å². The van der Waals surface area contributed by atoms with Crippen LogP contribution in [-0.4, -0.2) is 29.4 Å². The number of carbonyl (C=O) groups excluding carboxylic acids is 3. The summed E-state index contributed by atoms with van der Waals surface area (Å²) >= 11 is 0. The van der Waals surface area contributed by atoms with Crippen LogP contribution in [0.2, 0.25) is 0 Å². The first kappa shape index (κ1) is 22.7. The van der Waals surface area contributed by atoms with Crippen molar-refractivity contribution in [3.8, 4) is 16.9 Å². The molecule has 1 amide bonds. The maximum Gasteiger partial charge on any atom is 0.338 e. The van der Waals surface area contributed by atoms with Crippen molar-refractivity contribution in [3.63, 3.8) is 0 Å². The third-order valence-corrected chi connectivity index (χ3v) is 4.74. The number of benzene rings is 3. The van der Waals surface area contributed by atoms with E-state index in [1.807, 2.05) is 13.8 Å². The van der Waals surface area contributed by atoms with Gasteiger partial charge in [0, 0.05) is 17.7 Å². The molecule has 0 fully saturated rings. The van der Waals surface area contributed by atoms with E-state index in [2.05, 4.69) is 5.32 Å². The number of phenolic OH excluding ortho intramolecular Hbond substituents is 1. The molecular formula is C26H25NO5. The minimum absolute atomic E-state index is 0.0792. The molecule has 3 rings (SSSR count). The largest absolute Gasteiger partial charge is 0.508 e. The van der Waals surface area contributed by atoms with Crippen molar-refractivity contribution >= 4 is 23.3 Å². The number of rotatable bonds is 8. The maximum atomic E-state index is 12.3. The molecule has 0 spiro atoms. The molecule has 6 heteroatoms. The molecule has 0 saturated heterocycles. The first-order valence-corrected chi connectivity index (χ1v) is 10.3. The van der Waals surface area contributed by atoms with Crippen molar-refractivity contribution < 1.29 is 24.2 Å². The summed E-state index contributed by atoms with van der Waals surface area (Å²) < 4.78 is 5.15. The van der Waals surface area contributed by atoms with Gasteiger partial charge >= 0.3 is 5.97 Å². The minimum Gasteiger partial charge on any atom is -0.508 e. The molecule has 0 bridgehead atoms. The van der Waals surface area contributed by atoms with Crippen LogP contribution in [0.3, 0.4) is 0 Å². The SMILES string of the molecule is CC(C)CC(=O)Nc1ccc(C(=O)COC(=O)c2ccc(-c3ccc(O)cc3)cc2)cc1. The van der Waals surface area contributed by atoms with Crippen LogP contribution < -0.4 is 5.32 Å². The van der Waals surface area contributed by atoms with Gasteiger partial charge in [-0.1, -0.05) is 38.1 Å². The van der Waals surface area contributed by atoms with Gasteiger partial charge in [-0.2, -0.15) is 0 Å². The van der Waals surface area contributed by atoms with Gasteiger partial charge in [-0.3, -0.25) is 9.59 Å². The molecule has 2 N–H and O–H groups in total. The van der Waals surface area contributed by atoms with Gasteiger partial charge in [0.25, 0.3) is 0 Å². The summed E-state index contributed by atoms with van der Waals surface area (Å²) in [5.74, 6) is -0.560. The standard InChI is InChI=1S/C26H25NO5/c1-17(2)15-25(30)27-22-11-7-20(8-12-22)24(29)16-32-26(31)21-5-3-18(4-6-21)19-9-13-23(28)14-10-19/h3-14,17,28H,15-16H2,1-2H3,(H,27,30). The number of hydrogen-bond donors (Lipinski definition) is 2. The van der Waals surface area contributed by atoms with E-state index in [4.69, 9.17) is 4.74 Å². The third-order valence-electron chi connectivity index (χ3n) is 4.74. The Kier molecular flexibility index (Phi) is 7.39. The van der Waals surface area contributed by atoms with E-state index >= 15 is 0 Å². The highest BCUT2D eigenvalue weighted by Crippen LogP contribution is 2.22. The summed E-state index contributed by atoms with van der Waals surface area (Å²) in [7, 11) is 0. The molecule has 0 unspecified atom stereocenters. The van der Waals surface area contributed by atoms with Crippen molar-refractivity contribution in [1.29, 1.82) is 0 Å². The van der Waals surface area contributed by atoms with Crippen molar-refractivity contribution in [2.24, 2.45) is 5.92 Å². The normalized spacial score (nSPS) is 10.6. The lowest BCUT2D eigenvalue weighted by atomic mass is 10.0. The fourth-order valence-corrected chi connectivity index (χ4v) is 3.07. The molecule has 0 aliphatic rings. The summed E-state index contributed by atoms with van der Waals surface area (Å²) in [5, 5.41) is 12.2. The highest BCUT2D eigenvalue weighted by molar-refractivity contribution is 6.00. The molecule has 0 saturated carbocycles. The molecule has 3 aromatic rings. The summed E-state index contributed by atoms with van der Waals surface area (Å²) in [5.41, 5.74) is 3.13. The Hall–Kier alpha value is -3.93. The Labute approximate surface area is 186 Å². The molecule has 0 heterocycles. The number of ether oxygens (including phenoxy) is 1. The highest BCUT2D eigenvalue weighted by Gasteiger charge is 2.13. The molecule has 164 valence electrons. The van der Waals surface area contributed by atoms with E-state index in [1.54, 1.807) is 72.8 Å². The summed E-state index contributed by atoms with van der Waals surface area (Å²) in [4.78, 5) is 36.4. The molecular weight excluding hydrogens is 406 g/mol. The fourth-order valence-electron chi connectivity index (χ4n) is 3.07. The number of aromatic hydroxyl groups is 1. The maximum absolute atomic E-state index is 12.3. The number of anilines is 1. The van der Waals surface area contributed by atoms with E-state index in [0.29, 0.717) is 23.2 Å². The first-order valence-electron chi connectivity index (χ1n) is 10.3. The number of Topliss-reactive ketones (excluding diaryl/α,β-unsaturated/α-hetero) is 1.